The van der Waals surface area contributed by atoms with E-state index in [0.717, 1.165) is 6.54 Å². The molecule has 1 N–H and O–H groups in total. The van der Waals surface area contributed by atoms with Crippen LogP contribution in [0.3, 0.4) is 0 Å². The molecule has 1 rings (SSSR count). The summed E-state index contributed by atoms with van der Waals surface area (Å²) in [5.41, 5.74) is 0.142. The Morgan fingerprint density at radius 1 is 1.36 bits per heavy atom. The second kappa shape index (κ2) is 5.13. The standard InChI is InChI=1S/C12H25NO/c1-5-9-13-11(10(2)3)12(14-4)7-6-8-12/h10-11,13H,5-9H2,1-4H3. The van der Waals surface area contributed by atoms with Crippen molar-refractivity contribution in [2.45, 2.75) is 58.1 Å². The molecule has 1 aliphatic rings. The van der Waals surface area contributed by atoms with Crippen molar-refractivity contribution in [1.82, 2.24) is 5.32 Å². The van der Waals surface area contributed by atoms with Gasteiger partial charge in [-0.2, -0.15) is 0 Å². The van der Waals surface area contributed by atoms with Crippen LogP contribution >= 0.6 is 0 Å². The second-order valence-corrected chi connectivity index (χ2v) is 4.80. The topological polar surface area (TPSA) is 21.3 Å². The minimum atomic E-state index is 0.142. The summed E-state index contributed by atoms with van der Waals surface area (Å²) >= 11 is 0. The van der Waals surface area contributed by atoms with Crippen LogP contribution in [0.5, 0.6) is 0 Å². The van der Waals surface area contributed by atoms with E-state index in [1.807, 2.05) is 7.11 Å². The Morgan fingerprint density at radius 2 is 2.00 bits per heavy atom. The molecule has 0 aliphatic heterocycles. The van der Waals surface area contributed by atoms with Gasteiger partial charge in [-0.15, -0.1) is 0 Å². The van der Waals surface area contributed by atoms with Gasteiger partial charge in [0.1, 0.15) is 0 Å². The van der Waals surface area contributed by atoms with Crippen LogP contribution in [0.15, 0.2) is 0 Å². The van der Waals surface area contributed by atoms with Crippen molar-refractivity contribution in [1.29, 1.82) is 0 Å². The average molecular weight is 199 g/mol. The summed E-state index contributed by atoms with van der Waals surface area (Å²) in [6.07, 6.45) is 4.97. The molecule has 1 fully saturated rings. The normalized spacial score (nSPS) is 22.1. The van der Waals surface area contributed by atoms with Crippen LogP contribution in [-0.2, 0) is 4.74 Å². The highest BCUT2D eigenvalue weighted by molar-refractivity contribution is 5.00. The van der Waals surface area contributed by atoms with Gasteiger partial charge in [0, 0.05) is 13.2 Å². The van der Waals surface area contributed by atoms with E-state index < -0.39 is 0 Å². The first-order valence-corrected chi connectivity index (χ1v) is 5.95. The lowest BCUT2D eigenvalue weighted by Gasteiger charge is -2.48. The van der Waals surface area contributed by atoms with Gasteiger partial charge in [0.25, 0.3) is 0 Å². The highest BCUT2D eigenvalue weighted by Gasteiger charge is 2.45. The molecule has 1 saturated carbocycles. The van der Waals surface area contributed by atoms with Gasteiger partial charge in [-0.1, -0.05) is 20.8 Å². The molecule has 0 amide bonds. The molecular formula is C12H25NO. The molecule has 0 aromatic rings. The van der Waals surface area contributed by atoms with Crippen LogP contribution in [0.4, 0.5) is 0 Å². The van der Waals surface area contributed by atoms with Gasteiger partial charge in [0.05, 0.1) is 5.60 Å². The molecule has 2 heteroatoms. The molecule has 0 aromatic heterocycles. The maximum Gasteiger partial charge on any atom is 0.0833 e. The first kappa shape index (κ1) is 12.0. The van der Waals surface area contributed by atoms with Gasteiger partial charge in [-0.3, -0.25) is 0 Å². The predicted octanol–water partition coefficient (Wildman–Crippen LogP) is 2.58. The molecule has 0 radical (unpaired) electrons. The van der Waals surface area contributed by atoms with Gasteiger partial charge >= 0.3 is 0 Å². The molecule has 0 bridgehead atoms. The fourth-order valence-corrected chi connectivity index (χ4v) is 2.50. The van der Waals surface area contributed by atoms with Crippen molar-refractivity contribution in [2.75, 3.05) is 13.7 Å². The van der Waals surface area contributed by atoms with Crippen LogP contribution < -0.4 is 5.32 Å². The Morgan fingerprint density at radius 3 is 2.29 bits per heavy atom. The van der Waals surface area contributed by atoms with Crippen molar-refractivity contribution in [3.63, 3.8) is 0 Å². The molecule has 14 heavy (non-hydrogen) atoms. The number of hydrogen-bond acceptors (Lipinski definition) is 2. The zero-order valence-electron chi connectivity index (χ0n) is 10.1. The van der Waals surface area contributed by atoms with Gasteiger partial charge in [0.15, 0.2) is 0 Å². The molecule has 0 spiro atoms. The summed E-state index contributed by atoms with van der Waals surface area (Å²) in [7, 11) is 1.86. The van der Waals surface area contributed by atoms with Crippen LogP contribution in [0, 0.1) is 5.92 Å². The minimum Gasteiger partial charge on any atom is -0.377 e. The first-order chi connectivity index (χ1) is 6.66. The zero-order valence-corrected chi connectivity index (χ0v) is 10.1. The van der Waals surface area contributed by atoms with Gasteiger partial charge in [-0.25, -0.2) is 0 Å². The number of ether oxygens (including phenoxy) is 1. The van der Waals surface area contributed by atoms with Crippen LogP contribution in [-0.4, -0.2) is 25.3 Å². The summed E-state index contributed by atoms with van der Waals surface area (Å²) in [5.74, 6) is 0.654. The van der Waals surface area contributed by atoms with E-state index in [2.05, 4.69) is 26.1 Å². The molecule has 1 unspecified atom stereocenters. The van der Waals surface area contributed by atoms with E-state index in [9.17, 15) is 0 Å². The van der Waals surface area contributed by atoms with E-state index >= 15 is 0 Å². The Hall–Kier alpha value is -0.0800. The smallest absolute Gasteiger partial charge is 0.0833 e. The quantitative estimate of drug-likeness (QED) is 0.710. The Bertz CT molecular complexity index is 158. The minimum absolute atomic E-state index is 0.142. The molecule has 84 valence electrons. The van der Waals surface area contributed by atoms with E-state index in [1.54, 1.807) is 0 Å². The molecule has 0 aromatic carbocycles. The number of hydrogen-bond donors (Lipinski definition) is 1. The molecule has 2 nitrogen and oxygen atoms in total. The highest BCUT2D eigenvalue weighted by Crippen LogP contribution is 2.40. The maximum absolute atomic E-state index is 5.73. The van der Waals surface area contributed by atoms with Crippen molar-refractivity contribution >= 4 is 0 Å². The summed E-state index contributed by atoms with van der Waals surface area (Å²) < 4.78 is 5.73. The molecule has 0 heterocycles. The highest BCUT2D eigenvalue weighted by atomic mass is 16.5. The molecule has 1 atom stereocenters. The fraction of sp³-hybridized carbons (Fsp3) is 1.00. The monoisotopic (exact) mass is 199 g/mol. The SMILES string of the molecule is CCCNC(C(C)C)C1(OC)CCC1. The number of methoxy groups -OCH3 is 1. The van der Waals surface area contributed by atoms with E-state index in [-0.39, 0.29) is 5.60 Å². The molecule has 0 saturated heterocycles. The van der Waals surface area contributed by atoms with Crippen molar-refractivity contribution < 1.29 is 4.74 Å². The number of nitrogens with one attached hydrogen (secondary N) is 1. The Labute approximate surface area is 88.4 Å². The van der Waals surface area contributed by atoms with Gasteiger partial charge < -0.3 is 10.1 Å². The zero-order chi connectivity index (χ0) is 10.6. The van der Waals surface area contributed by atoms with Gasteiger partial charge in [0.2, 0.25) is 0 Å². The van der Waals surface area contributed by atoms with Crippen molar-refractivity contribution in [3.8, 4) is 0 Å². The lowest BCUT2D eigenvalue weighted by Crippen LogP contribution is -2.58. The predicted molar refractivity (Wildman–Crippen MR) is 60.5 cm³/mol. The third-order valence-electron chi connectivity index (χ3n) is 3.45. The fourth-order valence-electron chi connectivity index (χ4n) is 2.50. The Kier molecular flexibility index (Phi) is 4.39. The van der Waals surface area contributed by atoms with E-state index in [4.69, 9.17) is 4.74 Å². The first-order valence-electron chi connectivity index (χ1n) is 5.95. The van der Waals surface area contributed by atoms with E-state index in [0.29, 0.717) is 12.0 Å². The van der Waals surface area contributed by atoms with Gasteiger partial charge in [-0.05, 0) is 38.1 Å². The van der Waals surface area contributed by atoms with Crippen LogP contribution in [0.2, 0.25) is 0 Å². The largest absolute Gasteiger partial charge is 0.377 e. The summed E-state index contributed by atoms with van der Waals surface area (Å²) in [6.45, 7) is 7.89. The lowest BCUT2D eigenvalue weighted by atomic mass is 9.71. The Balaban J connectivity index is 2.55. The third-order valence-corrected chi connectivity index (χ3v) is 3.45. The van der Waals surface area contributed by atoms with Crippen LogP contribution in [0.1, 0.15) is 46.5 Å². The average Bonchev–Trinajstić information content (AvgIpc) is 2.08. The van der Waals surface area contributed by atoms with Crippen molar-refractivity contribution in [2.24, 2.45) is 5.92 Å². The van der Waals surface area contributed by atoms with Crippen molar-refractivity contribution in [3.05, 3.63) is 0 Å². The van der Waals surface area contributed by atoms with E-state index in [1.165, 1.54) is 25.7 Å². The summed E-state index contributed by atoms with van der Waals surface area (Å²) in [4.78, 5) is 0. The summed E-state index contributed by atoms with van der Waals surface area (Å²) in [5, 5.41) is 3.64. The number of rotatable bonds is 6. The molecule has 1 aliphatic carbocycles. The van der Waals surface area contributed by atoms with Crippen LogP contribution in [0.25, 0.3) is 0 Å². The second-order valence-electron chi connectivity index (χ2n) is 4.80. The summed E-state index contributed by atoms with van der Waals surface area (Å²) in [6, 6.07) is 0.529. The lowest BCUT2D eigenvalue weighted by molar-refractivity contribution is -0.108. The third kappa shape index (κ3) is 2.29. The molecular weight excluding hydrogens is 174 g/mol. The maximum atomic E-state index is 5.73.